The number of anilines is 1. The van der Waals surface area contributed by atoms with Gasteiger partial charge in [-0.25, -0.2) is 4.99 Å². The number of carbonyl (C=O) groups excluding carboxylic acids is 2. The lowest BCUT2D eigenvalue weighted by Crippen LogP contribution is -2.20. The van der Waals surface area contributed by atoms with Gasteiger partial charge in [0.25, 0.3) is 11.8 Å². The third-order valence-electron chi connectivity index (χ3n) is 4.74. The minimum Gasteiger partial charge on any atom is -0.483 e. The van der Waals surface area contributed by atoms with Gasteiger partial charge in [-0.15, -0.1) is 0 Å². The second-order valence-electron chi connectivity index (χ2n) is 7.47. The van der Waals surface area contributed by atoms with Crippen molar-refractivity contribution in [3.63, 3.8) is 0 Å². The lowest BCUT2D eigenvalue weighted by Gasteiger charge is -2.11. The highest BCUT2D eigenvalue weighted by molar-refractivity contribution is 9.10. The number of aryl methyl sites for hydroxylation is 1. The summed E-state index contributed by atoms with van der Waals surface area (Å²) in [5.74, 6) is -0.183. The van der Waals surface area contributed by atoms with E-state index in [-0.39, 0.29) is 18.4 Å². The van der Waals surface area contributed by atoms with E-state index >= 15 is 0 Å². The van der Waals surface area contributed by atoms with Crippen LogP contribution in [0.4, 0.5) is 11.4 Å². The van der Waals surface area contributed by atoms with E-state index < -0.39 is 0 Å². The number of benzene rings is 3. The van der Waals surface area contributed by atoms with Gasteiger partial charge in [0.1, 0.15) is 5.75 Å². The SMILES string of the molecule is Cc1ccc(N=C2NC(=O)/C(=C\c3cc(Br)ccc3OCC(=O)Nc3ccc(Cl)c(Cl)c3)S2)cc1. The summed E-state index contributed by atoms with van der Waals surface area (Å²) >= 11 is 16.6. The van der Waals surface area contributed by atoms with Gasteiger partial charge in [0, 0.05) is 15.7 Å². The third kappa shape index (κ3) is 6.89. The molecule has 2 amide bonds. The Hall–Kier alpha value is -2.78. The highest BCUT2D eigenvalue weighted by atomic mass is 79.9. The Kier molecular flexibility index (Phi) is 8.18. The maximum absolute atomic E-state index is 12.5. The average Bonchev–Trinajstić information content (AvgIpc) is 3.15. The molecule has 6 nitrogen and oxygen atoms in total. The molecule has 35 heavy (non-hydrogen) atoms. The number of nitrogens with one attached hydrogen (secondary N) is 2. The van der Waals surface area contributed by atoms with Crippen molar-refractivity contribution in [2.75, 3.05) is 11.9 Å². The Bertz CT molecular complexity index is 1360. The molecule has 0 saturated carbocycles. The molecule has 1 saturated heterocycles. The maximum atomic E-state index is 12.5. The number of amides is 2. The molecule has 0 spiro atoms. The van der Waals surface area contributed by atoms with Gasteiger partial charge in [0.05, 0.1) is 20.6 Å². The van der Waals surface area contributed by atoms with Crippen molar-refractivity contribution >= 4 is 85.3 Å². The first-order valence-electron chi connectivity index (χ1n) is 10.3. The smallest absolute Gasteiger partial charge is 0.264 e. The number of amidine groups is 1. The predicted octanol–water partition coefficient (Wildman–Crippen LogP) is 6.97. The largest absolute Gasteiger partial charge is 0.483 e. The molecule has 0 bridgehead atoms. The Morgan fingerprint density at radius 3 is 2.63 bits per heavy atom. The van der Waals surface area contributed by atoms with Crippen LogP contribution < -0.4 is 15.4 Å². The maximum Gasteiger partial charge on any atom is 0.264 e. The van der Waals surface area contributed by atoms with E-state index in [4.69, 9.17) is 27.9 Å². The van der Waals surface area contributed by atoms with Gasteiger partial charge in [-0.05, 0) is 73.3 Å². The molecule has 0 aliphatic carbocycles. The summed E-state index contributed by atoms with van der Waals surface area (Å²) in [6.45, 7) is 1.76. The van der Waals surface area contributed by atoms with Crippen LogP contribution in [-0.4, -0.2) is 23.6 Å². The number of ether oxygens (including phenoxy) is 1. The molecule has 3 aromatic carbocycles. The predicted molar refractivity (Wildman–Crippen MR) is 147 cm³/mol. The van der Waals surface area contributed by atoms with Gasteiger partial charge in [0.15, 0.2) is 11.8 Å². The van der Waals surface area contributed by atoms with Gasteiger partial charge < -0.3 is 15.4 Å². The van der Waals surface area contributed by atoms with E-state index in [1.165, 1.54) is 11.8 Å². The third-order valence-corrected chi connectivity index (χ3v) is 6.88. The Morgan fingerprint density at radius 2 is 1.89 bits per heavy atom. The minimum atomic E-state index is -0.370. The highest BCUT2D eigenvalue weighted by Crippen LogP contribution is 2.32. The van der Waals surface area contributed by atoms with Crippen molar-refractivity contribution in [2.45, 2.75) is 6.92 Å². The number of aliphatic imine (C=N–C) groups is 1. The second kappa shape index (κ2) is 11.3. The van der Waals surface area contributed by atoms with E-state index in [1.807, 2.05) is 37.3 Å². The van der Waals surface area contributed by atoms with Crippen molar-refractivity contribution in [3.05, 3.63) is 91.2 Å². The molecular formula is C25H18BrCl2N3O3S. The first-order valence-corrected chi connectivity index (χ1v) is 12.7. The molecule has 3 aromatic rings. The quantitative estimate of drug-likeness (QED) is 0.304. The van der Waals surface area contributed by atoms with Crippen molar-refractivity contribution in [2.24, 2.45) is 4.99 Å². The highest BCUT2D eigenvalue weighted by Gasteiger charge is 2.24. The van der Waals surface area contributed by atoms with E-state index in [9.17, 15) is 9.59 Å². The van der Waals surface area contributed by atoms with Crippen molar-refractivity contribution in [1.82, 2.24) is 5.32 Å². The van der Waals surface area contributed by atoms with Crippen LogP contribution >= 0.6 is 50.9 Å². The van der Waals surface area contributed by atoms with Crippen LogP contribution in [-0.2, 0) is 9.59 Å². The monoisotopic (exact) mass is 589 g/mol. The van der Waals surface area contributed by atoms with Crippen LogP contribution in [0.25, 0.3) is 6.08 Å². The Balaban J connectivity index is 1.47. The standard InChI is InChI=1S/C25H18BrCl2N3O3S/c1-14-2-5-17(6-3-14)30-25-31-24(33)22(35-25)11-15-10-16(26)4-9-21(15)34-13-23(32)29-18-7-8-19(27)20(28)12-18/h2-12H,13H2,1H3,(H,29,32)(H,30,31,33)/b22-11+. The number of nitrogens with zero attached hydrogens (tertiary/aromatic N) is 1. The topological polar surface area (TPSA) is 79.8 Å². The molecule has 1 heterocycles. The molecule has 2 N–H and O–H groups in total. The van der Waals surface area contributed by atoms with Crippen LogP contribution in [0.15, 0.2) is 75.0 Å². The molecular weight excluding hydrogens is 573 g/mol. The first-order chi connectivity index (χ1) is 16.8. The number of rotatable bonds is 6. The fourth-order valence-corrected chi connectivity index (χ4v) is 4.55. The summed E-state index contributed by atoms with van der Waals surface area (Å²) in [5, 5.41) is 6.71. The molecule has 1 aliphatic heterocycles. The van der Waals surface area contributed by atoms with Crippen molar-refractivity contribution < 1.29 is 14.3 Å². The Morgan fingerprint density at radius 1 is 1.11 bits per heavy atom. The molecule has 0 unspecified atom stereocenters. The number of halogens is 3. The molecule has 0 radical (unpaired) electrons. The number of hydrogen-bond acceptors (Lipinski definition) is 5. The first kappa shape index (κ1) is 25.3. The molecule has 1 fully saturated rings. The zero-order valence-corrected chi connectivity index (χ0v) is 22.2. The van der Waals surface area contributed by atoms with Gasteiger partial charge in [-0.2, -0.15) is 0 Å². The average molecular weight is 591 g/mol. The molecule has 10 heteroatoms. The van der Waals surface area contributed by atoms with Gasteiger partial charge in [-0.3, -0.25) is 9.59 Å². The summed E-state index contributed by atoms with van der Waals surface area (Å²) in [4.78, 5) is 29.9. The summed E-state index contributed by atoms with van der Waals surface area (Å²) in [6, 6.07) is 17.8. The van der Waals surface area contributed by atoms with Gasteiger partial charge in [-0.1, -0.05) is 56.8 Å². The van der Waals surface area contributed by atoms with Crippen molar-refractivity contribution in [3.8, 4) is 5.75 Å². The van der Waals surface area contributed by atoms with E-state index in [2.05, 4.69) is 31.6 Å². The van der Waals surface area contributed by atoms with Crippen LogP contribution in [0.1, 0.15) is 11.1 Å². The summed E-state index contributed by atoms with van der Waals surface area (Å²) in [6.07, 6.45) is 1.70. The number of thioether (sulfide) groups is 1. The summed E-state index contributed by atoms with van der Waals surface area (Å²) in [7, 11) is 0. The zero-order valence-electron chi connectivity index (χ0n) is 18.3. The molecule has 1 aliphatic rings. The van der Waals surface area contributed by atoms with Gasteiger partial charge in [0.2, 0.25) is 0 Å². The Labute approximate surface area is 224 Å². The zero-order chi connectivity index (χ0) is 24.9. The molecule has 0 aromatic heterocycles. The van der Waals surface area contributed by atoms with E-state index in [0.717, 1.165) is 15.7 Å². The summed E-state index contributed by atoms with van der Waals surface area (Å²) in [5.41, 5.74) is 3.02. The molecule has 4 rings (SSSR count). The fourth-order valence-electron chi connectivity index (χ4n) is 3.04. The molecule has 0 atom stereocenters. The second-order valence-corrected chi connectivity index (χ2v) is 10.2. The lowest BCUT2D eigenvalue weighted by atomic mass is 10.2. The minimum absolute atomic E-state index is 0.239. The van der Waals surface area contributed by atoms with E-state index in [1.54, 1.807) is 36.4 Å². The number of carbonyl (C=O) groups is 2. The normalized spacial score (nSPS) is 15.4. The fraction of sp³-hybridized carbons (Fsp3) is 0.0800. The van der Waals surface area contributed by atoms with Gasteiger partial charge >= 0.3 is 0 Å². The van der Waals surface area contributed by atoms with Crippen LogP contribution in [0, 0.1) is 6.92 Å². The van der Waals surface area contributed by atoms with Crippen LogP contribution in [0.5, 0.6) is 5.75 Å². The molecule has 178 valence electrons. The number of hydrogen-bond donors (Lipinski definition) is 2. The lowest BCUT2D eigenvalue weighted by molar-refractivity contribution is -0.118. The van der Waals surface area contributed by atoms with Crippen LogP contribution in [0.3, 0.4) is 0 Å². The van der Waals surface area contributed by atoms with E-state index in [0.29, 0.717) is 37.1 Å². The van der Waals surface area contributed by atoms with Crippen LogP contribution in [0.2, 0.25) is 10.0 Å². The van der Waals surface area contributed by atoms with Crippen molar-refractivity contribution in [1.29, 1.82) is 0 Å². The summed E-state index contributed by atoms with van der Waals surface area (Å²) < 4.78 is 6.55.